The fourth-order valence-corrected chi connectivity index (χ4v) is 3.66. The Kier molecular flexibility index (Phi) is 6.91. The third-order valence-electron chi connectivity index (χ3n) is 5.47. The first kappa shape index (κ1) is 22.3. The molecule has 0 saturated heterocycles. The van der Waals surface area contributed by atoms with Gasteiger partial charge in [-0.3, -0.25) is 9.59 Å². The summed E-state index contributed by atoms with van der Waals surface area (Å²) in [6, 6.07) is 13.7. The van der Waals surface area contributed by atoms with Gasteiger partial charge in [0, 0.05) is 13.0 Å². The van der Waals surface area contributed by atoms with E-state index in [-0.39, 0.29) is 12.5 Å². The molecule has 0 radical (unpaired) electrons. The Bertz CT molecular complexity index is 931. The lowest BCUT2D eigenvalue weighted by Crippen LogP contribution is -2.55. The van der Waals surface area contributed by atoms with Crippen molar-refractivity contribution in [2.45, 2.75) is 38.0 Å². The molecule has 0 aliphatic heterocycles. The van der Waals surface area contributed by atoms with Gasteiger partial charge in [0.25, 0.3) is 0 Å². The van der Waals surface area contributed by atoms with E-state index in [4.69, 9.17) is 14.6 Å². The molecular weight excluding hydrogens is 400 g/mol. The summed E-state index contributed by atoms with van der Waals surface area (Å²) in [6.45, 7) is 3.03. The number of aliphatic carboxylic acids is 1. The number of hydrogen-bond acceptors (Lipinski definition) is 5. The van der Waals surface area contributed by atoms with E-state index in [9.17, 15) is 14.4 Å². The van der Waals surface area contributed by atoms with Crippen LogP contribution in [0.2, 0.25) is 0 Å². The summed E-state index contributed by atoms with van der Waals surface area (Å²) in [6.07, 6.45) is -1.48. The van der Waals surface area contributed by atoms with E-state index in [1.807, 2.05) is 48.5 Å². The van der Waals surface area contributed by atoms with Gasteiger partial charge in [-0.1, -0.05) is 48.5 Å². The van der Waals surface area contributed by atoms with Crippen molar-refractivity contribution in [2.75, 3.05) is 13.7 Å². The van der Waals surface area contributed by atoms with Gasteiger partial charge in [0.1, 0.15) is 18.7 Å². The third kappa shape index (κ3) is 4.86. The predicted molar refractivity (Wildman–Crippen MR) is 114 cm³/mol. The number of methoxy groups -OCH3 is 1. The molecule has 2 aromatic carbocycles. The smallest absolute Gasteiger partial charge is 0.407 e. The van der Waals surface area contributed by atoms with Crippen LogP contribution in [0.25, 0.3) is 11.1 Å². The molecule has 8 nitrogen and oxygen atoms in total. The molecule has 0 saturated carbocycles. The molecule has 0 fully saturated rings. The maximum Gasteiger partial charge on any atom is 0.407 e. The van der Waals surface area contributed by atoms with Crippen LogP contribution in [0.4, 0.5) is 4.79 Å². The number of carboxylic acids is 1. The summed E-state index contributed by atoms with van der Waals surface area (Å²) in [5.74, 6) is -1.96. The highest BCUT2D eigenvalue weighted by atomic mass is 16.5. The summed E-state index contributed by atoms with van der Waals surface area (Å²) < 4.78 is 10.6. The second-order valence-electron chi connectivity index (χ2n) is 7.46. The van der Waals surface area contributed by atoms with Gasteiger partial charge in [0.2, 0.25) is 5.91 Å². The minimum absolute atomic E-state index is 0.0983. The molecule has 1 unspecified atom stereocenters. The average molecular weight is 426 g/mol. The standard InChI is InChI=1S/C23H26N2O6/c1-13(22(27)28)24-21(26)20(14(2)30-3)25-23(29)31-12-19-17-10-6-4-8-15(17)16-9-5-7-11-18(16)19/h4-11,13-14,19-20H,12H2,1-3H3,(H,24,26)(H,25,29)(H,27,28)/t13?,14-,20+/m1/s1. The maximum absolute atomic E-state index is 12.5. The molecule has 0 spiro atoms. The number of carbonyl (C=O) groups is 3. The number of ether oxygens (including phenoxy) is 2. The summed E-state index contributed by atoms with van der Waals surface area (Å²) in [4.78, 5) is 36.0. The lowest BCUT2D eigenvalue weighted by atomic mass is 9.98. The van der Waals surface area contributed by atoms with Crippen molar-refractivity contribution in [3.05, 3.63) is 59.7 Å². The van der Waals surface area contributed by atoms with Crippen LogP contribution in [0.5, 0.6) is 0 Å². The minimum Gasteiger partial charge on any atom is -0.480 e. The summed E-state index contributed by atoms with van der Waals surface area (Å²) >= 11 is 0. The molecule has 2 aromatic rings. The van der Waals surface area contributed by atoms with Crippen LogP contribution in [0.3, 0.4) is 0 Å². The number of carbonyl (C=O) groups excluding carboxylic acids is 2. The molecule has 2 amide bonds. The van der Waals surface area contributed by atoms with Gasteiger partial charge >= 0.3 is 12.1 Å². The van der Waals surface area contributed by atoms with Gasteiger partial charge in [0.15, 0.2) is 0 Å². The van der Waals surface area contributed by atoms with Crippen molar-refractivity contribution >= 4 is 18.0 Å². The van der Waals surface area contributed by atoms with E-state index in [1.165, 1.54) is 14.0 Å². The topological polar surface area (TPSA) is 114 Å². The molecule has 3 N–H and O–H groups in total. The zero-order chi connectivity index (χ0) is 22.5. The molecule has 8 heteroatoms. The molecule has 164 valence electrons. The molecule has 1 aliphatic carbocycles. The zero-order valence-electron chi connectivity index (χ0n) is 17.6. The number of carboxylic acid groups (broad SMARTS) is 1. The van der Waals surface area contributed by atoms with Gasteiger partial charge in [-0.05, 0) is 36.1 Å². The van der Waals surface area contributed by atoms with Crippen LogP contribution < -0.4 is 10.6 Å². The Hall–Kier alpha value is -3.39. The van der Waals surface area contributed by atoms with Crippen molar-refractivity contribution in [1.29, 1.82) is 0 Å². The predicted octanol–water partition coefficient (Wildman–Crippen LogP) is 2.52. The highest BCUT2D eigenvalue weighted by Gasteiger charge is 2.32. The summed E-state index contributed by atoms with van der Waals surface area (Å²) in [5.41, 5.74) is 4.37. The second-order valence-corrected chi connectivity index (χ2v) is 7.46. The van der Waals surface area contributed by atoms with Crippen LogP contribution in [-0.2, 0) is 19.1 Å². The number of benzene rings is 2. The lowest BCUT2D eigenvalue weighted by molar-refractivity contribution is -0.142. The fourth-order valence-electron chi connectivity index (χ4n) is 3.66. The monoisotopic (exact) mass is 426 g/mol. The molecular formula is C23H26N2O6. The quantitative estimate of drug-likeness (QED) is 0.598. The van der Waals surface area contributed by atoms with E-state index in [1.54, 1.807) is 6.92 Å². The van der Waals surface area contributed by atoms with Gasteiger partial charge in [-0.2, -0.15) is 0 Å². The van der Waals surface area contributed by atoms with Gasteiger partial charge < -0.3 is 25.2 Å². The molecule has 1 aliphatic rings. The highest BCUT2D eigenvalue weighted by Crippen LogP contribution is 2.44. The fraction of sp³-hybridized carbons (Fsp3) is 0.348. The number of hydrogen-bond donors (Lipinski definition) is 3. The van der Waals surface area contributed by atoms with Gasteiger partial charge in [-0.15, -0.1) is 0 Å². The van der Waals surface area contributed by atoms with Crippen LogP contribution in [0.1, 0.15) is 30.9 Å². The lowest BCUT2D eigenvalue weighted by Gasteiger charge is -2.24. The van der Waals surface area contributed by atoms with Crippen molar-refractivity contribution in [3.63, 3.8) is 0 Å². The van der Waals surface area contributed by atoms with Crippen molar-refractivity contribution in [2.24, 2.45) is 0 Å². The Morgan fingerprint density at radius 3 is 2.03 bits per heavy atom. The van der Waals surface area contributed by atoms with Crippen LogP contribution in [0.15, 0.2) is 48.5 Å². The van der Waals surface area contributed by atoms with E-state index < -0.39 is 36.2 Å². The summed E-state index contributed by atoms with van der Waals surface area (Å²) in [7, 11) is 1.39. The normalized spacial score (nSPS) is 15.2. The van der Waals surface area contributed by atoms with E-state index in [2.05, 4.69) is 10.6 Å². The molecule has 0 bridgehead atoms. The number of nitrogens with one attached hydrogen (secondary N) is 2. The Labute approximate surface area is 180 Å². The minimum atomic E-state index is -1.18. The van der Waals surface area contributed by atoms with Crippen molar-refractivity contribution < 1.29 is 29.0 Å². The zero-order valence-corrected chi connectivity index (χ0v) is 17.6. The molecule has 0 heterocycles. The third-order valence-corrected chi connectivity index (χ3v) is 5.47. The second kappa shape index (κ2) is 9.61. The Balaban J connectivity index is 1.68. The number of alkyl carbamates (subject to hydrolysis) is 1. The number of fused-ring (bicyclic) bond motifs is 3. The molecule has 3 atom stereocenters. The first-order valence-electron chi connectivity index (χ1n) is 10.0. The summed E-state index contributed by atoms with van der Waals surface area (Å²) in [5, 5.41) is 13.8. The molecule has 3 rings (SSSR count). The van der Waals surface area contributed by atoms with E-state index in [0.717, 1.165) is 22.3 Å². The maximum atomic E-state index is 12.5. The van der Waals surface area contributed by atoms with Crippen LogP contribution in [0, 0.1) is 0 Å². The van der Waals surface area contributed by atoms with Crippen molar-refractivity contribution in [3.8, 4) is 11.1 Å². The van der Waals surface area contributed by atoms with Gasteiger partial charge in [0.05, 0.1) is 6.10 Å². The molecule has 31 heavy (non-hydrogen) atoms. The van der Waals surface area contributed by atoms with Crippen LogP contribution in [-0.4, -0.2) is 55.0 Å². The Morgan fingerprint density at radius 2 is 1.52 bits per heavy atom. The van der Waals surface area contributed by atoms with Gasteiger partial charge in [-0.25, -0.2) is 4.79 Å². The highest BCUT2D eigenvalue weighted by molar-refractivity contribution is 5.89. The first-order chi connectivity index (χ1) is 14.8. The largest absolute Gasteiger partial charge is 0.480 e. The number of rotatable bonds is 8. The van der Waals surface area contributed by atoms with E-state index >= 15 is 0 Å². The van der Waals surface area contributed by atoms with Crippen molar-refractivity contribution in [1.82, 2.24) is 10.6 Å². The Morgan fingerprint density at radius 1 is 0.968 bits per heavy atom. The SMILES string of the molecule is CO[C@H](C)[C@H](NC(=O)OCC1c2ccccc2-c2ccccc21)C(=O)NC(C)C(=O)O. The number of amides is 2. The van der Waals surface area contributed by atoms with E-state index in [0.29, 0.717) is 0 Å². The first-order valence-corrected chi connectivity index (χ1v) is 10.0. The average Bonchev–Trinajstić information content (AvgIpc) is 3.09. The molecule has 0 aromatic heterocycles. The van der Waals surface area contributed by atoms with Crippen LogP contribution >= 0.6 is 0 Å².